The van der Waals surface area contributed by atoms with Crippen LogP contribution in [0.4, 0.5) is 17.1 Å². The van der Waals surface area contributed by atoms with Crippen molar-refractivity contribution in [1.29, 1.82) is 0 Å². The van der Waals surface area contributed by atoms with Crippen LogP contribution in [0.5, 0.6) is 0 Å². The normalized spacial score (nSPS) is 13.3. The minimum atomic E-state index is -0.0315. The third kappa shape index (κ3) is 3.76. The van der Waals surface area contributed by atoms with Crippen molar-refractivity contribution in [2.45, 2.75) is 19.3 Å². The van der Waals surface area contributed by atoms with Gasteiger partial charge in [0.25, 0.3) is 0 Å². The van der Waals surface area contributed by atoms with Gasteiger partial charge in [-0.2, -0.15) is 0 Å². The summed E-state index contributed by atoms with van der Waals surface area (Å²) in [6, 6.07) is 57.5. The van der Waals surface area contributed by atoms with Crippen molar-refractivity contribution < 1.29 is 0 Å². The van der Waals surface area contributed by atoms with Crippen molar-refractivity contribution >= 4 is 49.6 Å². The zero-order chi connectivity index (χ0) is 30.1. The summed E-state index contributed by atoms with van der Waals surface area (Å²) >= 11 is 0. The van der Waals surface area contributed by atoms with Crippen LogP contribution in [0.2, 0.25) is 0 Å². The molecule has 0 radical (unpaired) electrons. The fourth-order valence-electron chi connectivity index (χ4n) is 7.70. The number of fused-ring (bicyclic) bond motifs is 8. The minimum Gasteiger partial charge on any atom is -0.310 e. The summed E-state index contributed by atoms with van der Waals surface area (Å²) in [6.45, 7) is 4.71. The highest BCUT2D eigenvalue weighted by Gasteiger charge is 2.36. The molecule has 0 bridgehead atoms. The van der Waals surface area contributed by atoms with E-state index in [0.717, 1.165) is 17.1 Å². The van der Waals surface area contributed by atoms with Gasteiger partial charge in [-0.25, -0.2) is 0 Å². The number of rotatable bonds is 4. The molecule has 0 amide bonds. The number of hydrogen-bond acceptors (Lipinski definition) is 1. The van der Waals surface area contributed by atoms with E-state index in [2.05, 4.69) is 181 Å². The number of para-hydroxylation sites is 3. The second-order valence-electron chi connectivity index (χ2n) is 12.6. The van der Waals surface area contributed by atoms with E-state index in [0.29, 0.717) is 0 Å². The third-order valence-corrected chi connectivity index (χ3v) is 9.77. The van der Waals surface area contributed by atoms with Crippen LogP contribution in [-0.2, 0) is 5.41 Å². The molecule has 2 nitrogen and oxygen atoms in total. The molecule has 0 N–H and O–H groups in total. The average molecular weight is 577 g/mol. The van der Waals surface area contributed by atoms with E-state index in [1.807, 2.05) is 0 Å². The molecule has 0 spiro atoms. The summed E-state index contributed by atoms with van der Waals surface area (Å²) < 4.78 is 2.48. The van der Waals surface area contributed by atoms with Gasteiger partial charge in [0, 0.05) is 38.6 Å². The molecule has 7 aromatic carbocycles. The number of aromatic nitrogens is 1. The highest BCUT2D eigenvalue weighted by molar-refractivity contribution is 6.13. The highest BCUT2D eigenvalue weighted by atomic mass is 15.1. The van der Waals surface area contributed by atoms with Gasteiger partial charge in [-0.05, 0) is 76.2 Å². The van der Waals surface area contributed by atoms with Gasteiger partial charge in [-0.3, -0.25) is 0 Å². The van der Waals surface area contributed by atoms with Crippen LogP contribution in [0.25, 0.3) is 49.4 Å². The van der Waals surface area contributed by atoms with E-state index in [1.165, 1.54) is 60.5 Å². The zero-order valence-corrected chi connectivity index (χ0v) is 25.4. The van der Waals surface area contributed by atoms with Crippen LogP contribution in [0.1, 0.15) is 25.0 Å². The van der Waals surface area contributed by atoms with Gasteiger partial charge in [0.2, 0.25) is 0 Å². The lowest BCUT2D eigenvalue weighted by molar-refractivity contribution is 0.661. The molecule has 1 aliphatic rings. The van der Waals surface area contributed by atoms with Crippen molar-refractivity contribution in [1.82, 2.24) is 4.57 Å². The van der Waals surface area contributed by atoms with Gasteiger partial charge in [-0.1, -0.05) is 123 Å². The smallest absolute Gasteiger partial charge is 0.0562 e. The van der Waals surface area contributed by atoms with Crippen molar-refractivity contribution in [2.75, 3.05) is 4.90 Å². The predicted molar refractivity (Wildman–Crippen MR) is 191 cm³/mol. The fraction of sp³-hybridized carbons (Fsp3) is 0.0698. The monoisotopic (exact) mass is 576 g/mol. The molecule has 8 aromatic rings. The Morgan fingerprint density at radius 2 is 1.07 bits per heavy atom. The number of hydrogen-bond donors (Lipinski definition) is 0. The molecular weight excluding hydrogens is 544 g/mol. The lowest BCUT2D eigenvalue weighted by atomic mass is 9.82. The van der Waals surface area contributed by atoms with Gasteiger partial charge < -0.3 is 9.47 Å². The average Bonchev–Trinajstić information content (AvgIpc) is 3.54. The zero-order valence-electron chi connectivity index (χ0n) is 25.4. The summed E-state index contributed by atoms with van der Waals surface area (Å²) in [6.07, 6.45) is 0. The van der Waals surface area contributed by atoms with Gasteiger partial charge in [0.15, 0.2) is 0 Å². The first-order valence-electron chi connectivity index (χ1n) is 15.7. The predicted octanol–water partition coefficient (Wildman–Crippen LogP) is 11.7. The first-order chi connectivity index (χ1) is 22.1. The number of nitrogens with zero attached hydrogens (tertiary/aromatic N) is 2. The van der Waals surface area contributed by atoms with E-state index in [1.54, 1.807) is 0 Å². The highest BCUT2D eigenvalue weighted by Crippen LogP contribution is 2.52. The second kappa shape index (κ2) is 9.70. The van der Waals surface area contributed by atoms with Crippen molar-refractivity contribution in [3.8, 4) is 16.8 Å². The van der Waals surface area contributed by atoms with Crippen LogP contribution >= 0.6 is 0 Å². The van der Waals surface area contributed by atoms with Crippen molar-refractivity contribution in [2.24, 2.45) is 0 Å². The van der Waals surface area contributed by atoms with Crippen LogP contribution < -0.4 is 4.90 Å². The molecule has 0 fully saturated rings. The molecule has 1 aromatic heterocycles. The second-order valence-corrected chi connectivity index (χ2v) is 12.6. The Balaban J connectivity index is 1.34. The van der Waals surface area contributed by atoms with E-state index in [-0.39, 0.29) is 5.41 Å². The Hall–Kier alpha value is -5.60. The van der Waals surface area contributed by atoms with Gasteiger partial charge >= 0.3 is 0 Å². The van der Waals surface area contributed by atoms with E-state index >= 15 is 0 Å². The summed E-state index contributed by atoms with van der Waals surface area (Å²) in [5.41, 5.74) is 12.5. The minimum absolute atomic E-state index is 0.0315. The molecule has 214 valence electrons. The van der Waals surface area contributed by atoms with Crippen molar-refractivity contribution in [3.05, 3.63) is 169 Å². The summed E-state index contributed by atoms with van der Waals surface area (Å²) in [7, 11) is 0. The molecule has 1 aliphatic carbocycles. The molecule has 0 saturated carbocycles. The largest absolute Gasteiger partial charge is 0.310 e. The van der Waals surface area contributed by atoms with Gasteiger partial charge in [-0.15, -0.1) is 0 Å². The fourth-order valence-corrected chi connectivity index (χ4v) is 7.70. The van der Waals surface area contributed by atoms with E-state index < -0.39 is 0 Å². The molecule has 9 rings (SSSR count). The quantitative estimate of drug-likeness (QED) is 0.202. The SMILES string of the molecule is CC1(C)c2ccccc2-c2c1ccc1c(-n3c4ccccc4c4ccc(N(c5ccccc5)c5ccccc5)cc43)cccc21. The summed E-state index contributed by atoms with van der Waals surface area (Å²) in [5, 5.41) is 5.08. The summed E-state index contributed by atoms with van der Waals surface area (Å²) in [5.74, 6) is 0. The molecule has 45 heavy (non-hydrogen) atoms. The number of benzene rings is 7. The van der Waals surface area contributed by atoms with Gasteiger partial charge in [0.1, 0.15) is 0 Å². The topological polar surface area (TPSA) is 8.17 Å². The molecule has 0 atom stereocenters. The Bertz CT molecular complexity index is 2360. The van der Waals surface area contributed by atoms with Crippen molar-refractivity contribution in [3.63, 3.8) is 0 Å². The lowest BCUT2D eigenvalue weighted by Crippen LogP contribution is -2.14. The molecule has 1 heterocycles. The van der Waals surface area contributed by atoms with Crippen LogP contribution in [-0.4, -0.2) is 4.57 Å². The van der Waals surface area contributed by atoms with Gasteiger partial charge in [0.05, 0.1) is 16.7 Å². The Morgan fingerprint density at radius 1 is 0.444 bits per heavy atom. The Labute approximate surface area is 263 Å². The maximum Gasteiger partial charge on any atom is 0.0562 e. The first-order valence-corrected chi connectivity index (χ1v) is 15.7. The Morgan fingerprint density at radius 3 is 1.84 bits per heavy atom. The van der Waals surface area contributed by atoms with E-state index in [4.69, 9.17) is 0 Å². The molecule has 0 unspecified atom stereocenters. The maximum absolute atomic E-state index is 2.48. The van der Waals surface area contributed by atoms with E-state index in [9.17, 15) is 0 Å². The molecule has 2 heteroatoms. The Kier molecular flexibility index (Phi) is 5.58. The summed E-state index contributed by atoms with van der Waals surface area (Å²) in [4.78, 5) is 2.34. The molecule has 0 saturated heterocycles. The maximum atomic E-state index is 2.48. The van der Waals surface area contributed by atoms with Crippen LogP contribution in [0.3, 0.4) is 0 Å². The number of anilines is 3. The van der Waals surface area contributed by atoms with Crippen LogP contribution in [0, 0.1) is 0 Å². The lowest BCUT2D eigenvalue weighted by Gasteiger charge is -2.25. The first kappa shape index (κ1) is 25.9. The molecule has 0 aliphatic heterocycles. The third-order valence-electron chi connectivity index (χ3n) is 9.77. The van der Waals surface area contributed by atoms with Crippen LogP contribution in [0.15, 0.2) is 158 Å². The standard InChI is InChI=1S/C43H32N2/c1-43(2)37-21-11-9-19-36(37)42-35-20-13-23-40(34(35)26-27-38(42)43)45-39-22-12-10-18-32(39)33-25-24-31(28-41(33)45)44(29-14-5-3-6-15-29)30-16-7-4-8-17-30/h3-28H,1-2H3. The molecular formula is C43H32N2.